The lowest BCUT2D eigenvalue weighted by Crippen LogP contribution is -2.44. The molecular weight excluding hydrogens is 390 g/mol. The van der Waals surface area contributed by atoms with E-state index < -0.39 is 11.9 Å². The molecule has 5 N–H and O–H groups in total. The molecule has 0 aromatic heterocycles. The second kappa shape index (κ2) is 11.0. The first-order valence-corrected chi connectivity index (χ1v) is 10.7. The summed E-state index contributed by atoms with van der Waals surface area (Å²) in [5.41, 5.74) is 14.8. The van der Waals surface area contributed by atoms with Gasteiger partial charge in [0, 0.05) is 5.56 Å². The molecule has 0 radical (unpaired) electrons. The van der Waals surface area contributed by atoms with Gasteiger partial charge in [-0.2, -0.15) is 0 Å². The first kappa shape index (κ1) is 24.4. The van der Waals surface area contributed by atoms with Gasteiger partial charge in [0.05, 0.1) is 0 Å². The number of nitrogens with two attached hydrogens (primary N) is 2. The molecule has 0 saturated heterocycles. The molecule has 2 amide bonds. The van der Waals surface area contributed by atoms with Gasteiger partial charge >= 0.3 is 0 Å². The van der Waals surface area contributed by atoms with Gasteiger partial charge in [-0.3, -0.25) is 9.59 Å². The predicted octanol–water partition coefficient (Wildman–Crippen LogP) is 3.58. The zero-order chi connectivity index (χ0) is 23.0. The molecule has 168 valence electrons. The maximum absolute atomic E-state index is 12.5. The standard InChI is InChI=1S/C25H35N3O3/c1-17-15-20(25(2,3)4)12-13-22(17)31-16-18-8-10-19(11-9-18)24(30)28-21(23(27)29)7-5-6-14-26/h8-13,15,21H,5-7,14,16,26H2,1-4H3,(H2,27,29)(H,28,30). The van der Waals surface area contributed by atoms with Crippen LogP contribution in [0.2, 0.25) is 0 Å². The Bertz CT molecular complexity index is 886. The predicted molar refractivity (Wildman–Crippen MR) is 124 cm³/mol. The Morgan fingerprint density at radius 3 is 2.29 bits per heavy atom. The molecule has 0 saturated carbocycles. The summed E-state index contributed by atoms with van der Waals surface area (Å²) in [5.74, 6) is -0.0162. The van der Waals surface area contributed by atoms with Crippen molar-refractivity contribution in [2.45, 2.75) is 65.0 Å². The second-order valence-corrected chi connectivity index (χ2v) is 8.93. The van der Waals surface area contributed by atoms with Gasteiger partial charge in [0.15, 0.2) is 0 Å². The highest BCUT2D eigenvalue weighted by Crippen LogP contribution is 2.28. The smallest absolute Gasteiger partial charge is 0.251 e. The number of ether oxygens (including phenoxy) is 1. The largest absolute Gasteiger partial charge is 0.489 e. The van der Waals surface area contributed by atoms with Gasteiger partial charge in [-0.25, -0.2) is 0 Å². The van der Waals surface area contributed by atoms with Crippen molar-refractivity contribution in [2.24, 2.45) is 11.5 Å². The number of aryl methyl sites for hydroxylation is 1. The van der Waals surface area contributed by atoms with E-state index in [0.29, 0.717) is 25.1 Å². The fraction of sp³-hybridized carbons (Fsp3) is 0.440. The lowest BCUT2D eigenvalue weighted by molar-refractivity contribution is -0.120. The minimum atomic E-state index is -0.693. The van der Waals surface area contributed by atoms with Gasteiger partial charge in [0.25, 0.3) is 5.91 Å². The fourth-order valence-electron chi connectivity index (χ4n) is 3.21. The van der Waals surface area contributed by atoms with Gasteiger partial charge in [-0.1, -0.05) is 45.0 Å². The number of rotatable bonds is 10. The summed E-state index contributed by atoms with van der Waals surface area (Å²) in [5, 5.41) is 2.71. The Morgan fingerprint density at radius 2 is 1.74 bits per heavy atom. The summed E-state index contributed by atoms with van der Waals surface area (Å²) in [4.78, 5) is 24.1. The van der Waals surface area contributed by atoms with Crippen LogP contribution in [0.25, 0.3) is 0 Å². The Labute approximate surface area is 185 Å². The van der Waals surface area contributed by atoms with Crippen LogP contribution in [0.15, 0.2) is 42.5 Å². The van der Waals surface area contributed by atoms with Crippen LogP contribution >= 0.6 is 0 Å². The number of hydrogen-bond donors (Lipinski definition) is 3. The van der Waals surface area contributed by atoms with Gasteiger partial charge in [0.2, 0.25) is 5.91 Å². The average molecular weight is 426 g/mol. The fourth-order valence-corrected chi connectivity index (χ4v) is 3.21. The van der Waals surface area contributed by atoms with Gasteiger partial charge in [-0.15, -0.1) is 0 Å². The second-order valence-electron chi connectivity index (χ2n) is 8.93. The molecule has 6 nitrogen and oxygen atoms in total. The van der Waals surface area contributed by atoms with Crippen LogP contribution in [-0.2, 0) is 16.8 Å². The number of nitrogens with one attached hydrogen (secondary N) is 1. The normalized spacial score (nSPS) is 12.3. The SMILES string of the molecule is Cc1cc(C(C)(C)C)ccc1OCc1ccc(C(=O)NC(CCCCN)C(N)=O)cc1. The maximum atomic E-state index is 12.5. The van der Waals surface area contributed by atoms with Gasteiger partial charge in [-0.05, 0) is 73.0 Å². The molecule has 0 aliphatic rings. The van der Waals surface area contributed by atoms with E-state index in [-0.39, 0.29) is 11.3 Å². The molecule has 1 unspecified atom stereocenters. The van der Waals surface area contributed by atoms with Crippen molar-refractivity contribution in [3.63, 3.8) is 0 Å². The third-order valence-corrected chi connectivity index (χ3v) is 5.25. The van der Waals surface area contributed by atoms with Crippen molar-refractivity contribution >= 4 is 11.8 Å². The summed E-state index contributed by atoms with van der Waals surface area (Å²) < 4.78 is 5.97. The number of unbranched alkanes of at least 4 members (excludes halogenated alkanes) is 1. The van der Waals surface area contributed by atoms with E-state index >= 15 is 0 Å². The lowest BCUT2D eigenvalue weighted by atomic mass is 9.86. The number of carbonyl (C=O) groups excluding carboxylic acids is 2. The van der Waals surface area contributed by atoms with Crippen molar-refractivity contribution < 1.29 is 14.3 Å². The molecule has 31 heavy (non-hydrogen) atoms. The lowest BCUT2D eigenvalue weighted by Gasteiger charge is -2.20. The first-order valence-electron chi connectivity index (χ1n) is 10.7. The molecule has 0 fully saturated rings. The zero-order valence-electron chi connectivity index (χ0n) is 19.0. The van der Waals surface area contributed by atoms with E-state index in [4.69, 9.17) is 16.2 Å². The highest BCUT2D eigenvalue weighted by atomic mass is 16.5. The quantitative estimate of drug-likeness (QED) is 0.506. The van der Waals surface area contributed by atoms with Crippen LogP contribution in [0.3, 0.4) is 0 Å². The number of benzene rings is 2. The molecule has 2 aromatic carbocycles. The minimum absolute atomic E-state index is 0.0949. The third kappa shape index (κ3) is 7.40. The van der Waals surface area contributed by atoms with Crippen LogP contribution in [0.1, 0.15) is 67.1 Å². The van der Waals surface area contributed by atoms with Gasteiger partial charge in [0.1, 0.15) is 18.4 Å². The first-order chi connectivity index (χ1) is 14.6. The highest BCUT2D eigenvalue weighted by molar-refractivity contribution is 5.97. The average Bonchev–Trinajstić information content (AvgIpc) is 2.71. The summed E-state index contributed by atoms with van der Waals surface area (Å²) in [6.07, 6.45) is 2.00. The zero-order valence-corrected chi connectivity index (χ0v) is 19.0. The number of primary amides is 1. The third-order valence-electron chi connectivity index (χ3n) is 5.25. The summed E-state index contributed by atoms with van der Waals surface area (Å²) in [7, 11) is 0. The monoisotopic (exact) mass is 425 g/mol. The molecule has 0 heterocycles. The summed E-state index contributed by atoms with van der Waals surface area (Å²) >= 11 is 0. The molecule has 0 bridgehead atoms. The minimum Gasteiger partial charge on any atom is -0.489 e. The van der Waals surface area contributed by atoms with E-state index in [1.54, 1.807) is 12.1 Å². The molecule has 1 atom stereocenters. The van der Waals surface area contributed by atoms with Crippen molar-refractivity contribution in [3.05, 3.63) is 64.7 Å². The molecule has 0 aliphatic heterocycles. The molecule has 2 aromatic rings. The van der Waals surface area contributed by atoms with Crippen molar-refractivity contribution in [1.29, 1.82) is 0 Å². The van der Waals surface area contributed by atoms with E-state index in [1.807, 2.05) is 25.1 Å². The number of amides is 2. The van der Waals surface area contributed by atoms with Crippen LogP contribution < -0.4 is 21.5 Å². The van der Waals surface area contributed by atoms with Gasteiger partial charge < -0.3 is 21.5 Å². The molecule has 2 rings (SSSR count). The van der Waals surface area contributed by atoms with E-state index in [0.717, 1.165) is 29.7 Å². The van der Waals surface area contributed by atoms with E-state index in [9.17, 15) is 9.59 Å². The maximum Gasteiger partial charge on any atom is 0.251 e. The Hall–Kier alpha value is -2.86. The van der Waals surface area contributed by atoms with Crippen LogP contribution in [-0.4, -0.2) is 24.4 Å². The van der Waals surface area contributed by atoms with Crippen molar-refractivity contribution in [3.8, 4) is 5.75 Å². The topological polar surface area (TPSA) is 107 Å². The van der Waals surface area contributed by atoms with E-state index in [2.05, 4.69) is 38.2 Å². The van der Waals surface area contributed by atoms with Crippen LogP contribution in [0, 0.1) is 6.92 Å². The summed E-state index contributed by atoms with van der Waals surface area (Å²) in [6, 6.07) is 12.7. The van der Waals surface area contributed by atoms with Crippen LogP contribution in [0.5, 0.6) is 5.75 Å². The van der Waals surface area contributed by atoms with Crippen molar-refractivity contribution in [1.82, 2.24) is 5.32 Å². The summed E-state index contributed by atoms with van der Waals surface area (Å²) in [6.45, 7) is 9.55. The molecule has 0 spiro atoms. The molecular formula is C25H35N3O3. The Morgan fingerprint density at radius 1 is 1.06 bits per heavy atom. The van der Waals surface area contributed by atoms with Crippen LogP contribution in [0.4, 0.5) is 0 Å². The highest BCUT2D eigenvalue weighted by Gasteiger charge is 2.18. The molecule has 6 heteroatoms. The number of carbonyl (C=O) groups is 2. The molecule has 0 aliphatic carbocycles. The Kier molecular flexibility index (Phi) is 8.63. The Balaban J connectivity index is 1.95. The van der Waals surface area contributed by atoms with E-state index in [1.165, 1.54) is 5.56 Å². The number of hydrogen-bond acceptors (Lipinski definition) is 4. The van der Waals surface area contributed by atoms with Crippen molar-refractivity contribution in [2.75, 3.05) is 6.54 Å².